The Morgan fingerprint density at radius 2 is 1.74 bits per heavy atom. The second-order valence-electron chi connectivity index (χ2n) is 8.87. The van der Waals surface area contributed by atoms with Crippen LogP contribution in [0.15, 0.2) is 42.6 Å². The number of aromatic nitrogens is 1. The lowest BCUT2D eigenvalue weighted by Crippen LogP contribution is -2.48. The monoisotopic (exact) mass is 468 g/mol. The van der Waals surface area contributed by atoms with Crippen LogP contribution in [0.25, 0.3) is 0 Å². The maximum atomic E-state index is 12.7. The molecule has 9 heteroatoms. The fourth-order valence-electron chi connectivity index (χ4n) is 4.46. The first-order valence-electron chi connectivity index (χ1n) is 11.7. The highest BCUT2D eigenvalue weighted by atomic mass is 16.6. The van der Waals surface area contributed by atoms with Gasteiger partial charge < -0.3 is 15.1 Å². The standard InChI is InChI=1S/C24H32N6O3.CH4/c1-19-2-4-21(5-3-19)28-16-14-27(15-17-28)11-10-24(31)29-12-8-20(9-13-29)26-23-7-6-22(18-25-23)30(32)33;/h2-7,18,20H,8-17H2,1H3,(H,25,26);1H4. The second-order valence-corrected chi connectivity index (χ2v) is 8.87. The molecule has 2 aliphatic heterocycles. The van der Waals surface area contributed by atoms with Crippen LogP contribution in [0.4, 0.5) is 17.2 Å². The van der Waals surface area contributed by atoms with Crippen LogP contribution < -0.4 is 10.2 Å². The number of carbonyl (C=O) groups excluding carboxylic acids is 1. The van der Waals surface area contributed by atoms with Gasteiger partial charge in [-0.1, -0.05) is 25.1 Å². The lowest BCUT2D eigenvalue weighted by atomic mass is 10.0. The third kappa shape index (κ3) is 6.66. The number of hydrogen-bond acceptors (Lipinski definition) is 7. The minimum atomic E-state index is -0.454. The molecule has 1 aromatic carbocycles. The van der Waals surface area contributed by atoms with Crippen molar-refractivity contribution in [3.63, 3.8) is 0 Å². The largest absolute Gasteiger partial charge is 0.369 e. The number of nitrogens with zero attached hydrogens (tertiary/aromatic N) is 5. The Kier molecular flexibility index (Phi) is 8.81. The normalized spacial score (nSPS) is 17.2. The first-order chi connectivity index (χ1) is 16.0. The highest BCUT2D eigenvalue weighted by Gasteiger charge is 2.24. The maximum absolute atomic E-state index is 12.7. The maximum Gasteiger partial charge on any atom is 0.287 e. The van der Waals surface area contributed by atoms with Gasteiger partial charge in [0.2, 0.25) is 5.91 Å². The van der Waals surface area contributed by atoms with E-state index in [1.807, 2.05) is 4.90 Å². The third-order valence-corrected chi connectivity index (χ3v) is 6.57. The van der Waals surface area contributed by atoms with Crippen molar-refractivity contribution >= 4 is 23.1 Å². The topological polar surface area (TPSA) is 94.8 Å². The third-order valence-electron chi connectivity index (χ3n) is 6.57. The van der Waals surface area contributed by atoms with Crippen molar-refractivity contribution in [2.75, 3.05) is 56.0 Å². The number of hydrogen-bond donors (Lipinski definition) is 1. The Hall–Kier alpha value is -3.20. The summed E-state index contributed by atoms with van der Waals surface area (Å²) in [5.74, 6) is 0.859. The molecule has 2 aromatic rings. The zero-order chi connectivity index (χ0) is 23.2. The Bertz CT molecular complexity index is 934. The summed E-state index contributed by atoms with van der Waals surface area (Å²) in [5.41, 5.74) is 2.54. The highest BCUT2D eigenvalue weighted by Crippen LogP contribution is 2.19. The van der Waals surface area contributed by atoms with Gasteiger partial charge in [0.15, 0.2) is 0 Å². The molecule has 184 valence electrons. The van der Waals surface area contributed by atoms with Crippen molar-refractivity contribution in [1.29, 1.82) is 0 Å². The molecule has 0 atom stereocenters. The number of piperidine rings is 1. The van der Waals surface area contributed by atoms with Crippen LogP contribution >= 0.6 is 0 Å². The lowest BCUT2D eigenvalue weighted by Gasteiger charge is -2.37. The zero-order valence-electron chi connectivity index (χ0n) is 19.2. The van der Waals surface area contributed by atoms with E-state index in [1.54, 1.807) is 6.07 Å². The Morgan fingerprint density at radius 1 is 1.06 bits per heavy atom. The van der Waals surface area contributed by atoms with Crippen molar-refractivity contribution < 1.29 is 9.72 Å². The van der Waals surface area contributed by atoms with Crippen LogP contribution in [0.5, 0.6) is 0 Å². The lowest BCUT2D eigenvalue weighted by molar-refractivity contribution is -0.385. The van der Waals surface area contributed by atoms with E-state index in [4.69, 9.17) is 0 Å². The quantitative estimate of drug-likeness (QED) is 0.490. The first-order valence-corrected chi connectivity index (χ1v) is 11.7. The number of rotatable bonds is 7. The SMILES string of the molecule is C.Cc1ccc(N2CCN(CCC(=O)N3CCC(Nc4ccc([N+](=O)[O-])cn4)CC3)CC2)cc1. The van der Waals surface area contributed by atoms with Gasteiger partial charge in [0.05, 0.1) is 4.92 Å². The van der Waals surface area contributed by atoms with E-state index in [-0.39, 0.29) is 25.1 Å². The first kappa shape index (κ1) is 25.4. The summed E-state index contributed by atoms with van der Waals surface area (Å²) in [4.78, 5) is 33.9. The molecule has 4 rings (SSSR count). The van der Waals surface area contributed by atoms with Crippen molar-refractivity contribution in [3.05, 3.63) is 58.3 Å². The van der Waals surface area contributed by atoms with Crippen LogP contribution in [0.1, 0.15) is 32.3 Å². The van der Waals surface area contributed by atoms with Crippen LogP contribution in [0.2, 0.25) is 0 Å². The smallest absolute Gasteiger partial charge is 0.287 e. The van der Waals surface area contributed by atoms with Crippen LogP contribution in [-0.2, 0) is 4.79 Å². The van der Waals surface area contributed by atoms with Gasteiger partial charge in [0.25, 0.3) is 5.69 Å². The molecule has 1 amide bonds. The Morgan fingerprint density at radius 3 is 2.32 bits per heavy atom. The molecule has 34 heavy (non-hydrogen) atoms. The number of aryl methyl sites for hydroxylation is 1. The summed E-state index contributed by atoms with van der Waals surface area (Å²) in [7, 11) is 0. The molecule has 2 aliphatic rings. The number of pyridine rings is 1. The number of anilines is 2. The fourth-order valence-corrected chi connectivity index (χ4v) is 4.46. The molecule has 3 heterocycles. The van der Waals surface area contributed by atoms with Crippen LogP contribution in [0.3, 0.4) is 0 Å². The molecule has 2 saturated heterocycles. The number of amides is 1. The highest BCUT2D eigenvalue weighted by molar-refractivity contribution is 5.76. The summed E-state index contributed by atoms with van der Waals surface area (Å²) in [6.45, 7) is 8.32. The van der Waals surface area contributed by atoms with Gasteiger partial charge >= 0.3 is 0 Å². The molecular weight excluding hydrogens is 432 g/mol. The summed E-state index contributed by atoms with van der Waals surface area (Å²) < 4.78 is 0. The van der Waals surface area contributed by atoms with E-state index in [0.29, 0.717) is 12.2 Å². The average Bonchev–Trinajstić information content (AvgIpc) is 2.84. The Balaban J connectivity index is 0.00000324. The van der Waals surface area contributed by atoms with Gasteiger partial charge in [-0.05, 0) is 38.0 Å². The summed E-state index contributed by atoms with van der Waals surface area (Å²) in [6.07, 6.45) is 3.52. The molecule has 2 fully saturated rings. The average molecular weight is 469 g/mol. The van der Waals surface area contributed by atoms with E-state index in [9.17, 15) is 14.9 Å². The molecule has 0 bridgehead atoms. The minimum absolute atomic E-state index is 0. The van der Waals surface area contributed by atoms with Crippen molar-refractivity contribution in [2.45, 2.75) is 39.7 Å². The van der Waals surface area contributed by atoms with Crippen molar-refractivity contribution in [3.8, 4) is 0 Å². The minimum Gasteiger partial charge on any atom is -0.369 e. The zero-order valence-corrected chi connectivity index (χ0v) is 19.2. The number of nitrogens with one attached hydrogen (secondary N) is 1. The molecule has 1 aromatic heterocycles. The number of nitro groups is 1. The van der Waals surface area contributed by atoms with E-state index in [0.717, 1.165) is 58.7 Å². The number of benzene rings is 1. The molecule has 0 aliphatic carbocycles. The van der Waals surface area contributed by atoms with E-state index in [2.05, 4.69) is 51.3 Å². The molecular formula is C25H36N6O3. The summed E-state index contributed by atoms with van der Waals surface area (Å²) in [6, 6.07) is 12.0. The van der Waals surface area contributed by atoms with Crippen molar-refractivity contribution in [2.24, 2.45) is 0 Å². The molecule has 0 radical (unpaired) electrons. The van der Waals surface area contributed by atoms with Gasteiger partial charge in [0, 0.05) is 70.0 Å². The van der Waals surface area contributed by atoms with E-state index in [1.165, 1.54) is 23.5 Å². The molecule has 0 unspecified atom stereocenters. The predicted molar refractivity (Wildman–Crippen MR) is 135 cm³/mol. The van der Waals surface area contributed by atoms with Gasteiger partial charge in [-0.3, -0.25) is 19.8 Å². The molecule has 9 nitrogen and oxygen atoms in total. The number of carbonyl (C=O) groups is 1. The fraction of sp³-hybridized carbons (Fsp3) is 0.520. The Labute approximate surface area is 201 Å². The number of likely N-dealkylation sites (tertiary alicyclic amines) is 1. The molecule has 0 spiro atoms. The van der Waals surface area contributed by atoms with Gasteiger partial charge in [-0.25, -0.2) is 4.98 Å². The summed E-state index contributed by atoms with van der Waals surface area (Å²) in [5, 5.41) is 14.1. The van der Waals surface area contributed by atoms with Crippen LogP contribution in [0, 0.1) is 17.0 Å². The van der Waals surface area contributed by atoms with Gasteiger partial charge in [-0.15, -0.1) is 0 Å². The summed E-state index contributed by atoms with van der Waals surface area (Å²) >= 11 is 0. The number of piperazine rings is 1. The molecule has 1 N–H and O–H groups in total. The second kappa shape index (κ2) is 11.8. The molecule has 0 saturated carbocycles. The van der Waals surface area contributed by atoms with Gasteiger partial charge in [-0.2, -0.15) is 0 Å². The van der Waals surface area contributed by atoms with E-state index < -0.39 is 4.92 Å². The predicted octanol–water partition coefficient (Wildman–Crippen LogP) is 3.55. The van der Waals surface area contributed by atoms with E-state index >= 15 is 0 Å². The van der Waals surface area contributed by atoms with Gasteiger partial charge in [0.1, 0.15) is 12.0 Å². The van der Waals surface area contributed by atoms with Crippen LogP contribution in [-0.4, -0.2) is 77.5 Å². The van der Waals surface area contributed by atoms with Crippen molar-refractivity contribution in [1.82, 2.24) is 14.8 Å².